The zero-order valence-electron chi connectivity index (χ0n) is 14.3. The standard InChI is InChI=1S/C17H26N4O3/c1-13(2)10-16(20-8-3-4-9-20)12-18-17(22)19-14-6-5-7-15(11-14)21(23)24/h5-7,11,13,16H,3-4,8-10,12H2,1-2H3,(H2,18,19,22)/t16-/m1/s1. The van der Waals surface area contributed by atoms with E-state index in [2.05, 4.69) is 29.4 Å². The Labute approximate surface area is 142 Å². The molecule has 1 aliphatic heterocycles. The van der Waals surface area contributed by atoms with Crippen molar-refractivity contribution in [1.29, 1.82) is 0 Å². The van der Waals surface area contributed by atoms with Crippen LogP contribution in [0.15, 0.2) is 24.3 Å². The maximum atomic E-state index is 12.1. The van der Waals surface area contributed by atoms with Crippen molar-refractivity contribution >= 4 is 17.4 Å². The van der Waals surface area contributed by atoms with Crippen molar-refractivity contribution in [3.63, 3.8) is 0 Å². The maximum Gasteiger partial charge on any atom is 0.319 e. The summed E-state index contributed by atoms with van der Waals surface area (Å²) in [5.74, 6) is 0.567. The van der Waals surface area contributed by atoms with Crippen LogP contribution in [0.3, 0.4) is 0 Å². The summed E-state index contributed by atoms with van der Waals surface area (Å²) in [7, 11) is 0. The second-order valence-electron chi connectivity index (χ2n) is 6.67. The van der Waals surface area contributed by atoms with Gasteiger partial charge in [0.1, 0.15) is 0 Å². The maximum absolute atomic E-state index is 12.1. The first kappa shape index (κ1) is 18.2. The van der Waals surface area contributed by atoms with Crippen LogP contribution < -0.4 is 10.6 Å². The monoisotopic (exact) mass is 334 g/mol. The molecule has 2 rings (SSSR count). The van der Waals surface area contributed by atoms with Crippen LogP contribution >= 0.6 is 0 Å². The third-order valence-corrected chi connectivity index (χ3v) is 4.21. The largest absolute Gasteiger partial charge is 0.336 e. The molecule has 0 aliphatic carbocycles. The number of amides is 2. The van der Waals surface area contributed by atoms with Crippen LogP contribution in [0.1, 0.15) is 33.1 Å². The number of non-ortho nitro benzene ring substituents is 1. The number of carbonyl (C=O) groups is 1. The van der Waals surface area contributed by atoms with Gasteiger partial charge in [0.05, 0.1) is 4.92 Å². The van der Waals surface area contributed by atoms with E-state index < -0.39 is 4.92 Å². The minimum atomic E-state index is -0.477. The lowest BCUT2D eigenvalue weighted by atomic mass is 10.0. The molecule has 1 heterocycles. The molecule has 7 nitrogen and oxygen atoms in total. The Hall–Kier alpha value is -2.15. The lowest BCUT2D eigenvalue weighted by Crippen LogP contribution is -2.44. The number of rotatable bonds is 7. The third-order valence-electron chi connectivity index (χ3n) is 4.21. The Morgan fingerprint density at radius 3 is 2.67 bits per heavy atom. The van der Waals surface area contributed by atoms with E-state index in [1.807, 2.05) is 0 Å². The minimum Gasteiger partial charge on any atom is -0.336 e. The van der Waals surface area contributed by atoms with E-state index >= 15 is 0 Å². The van der Waals surface area contributed by atoms with Gasteiger partial charge in [-0.1, -0.05) is 19.9 Å². The van der Waals surface area contributed by atoms with Crippen molar-refractivity contribution < 1.29 is 9.72 Å². The summed E-state index contributed by atoms with van der Waals surface area (Å²) >= 11 is 0. The molecule has 2 N–H and O–H groups in total. The molecular formula is C17H26N4O3. The fraction of sp³-hybridized carbons (Fsp3) is 0.588. The molecule has 1 aromatic rings. The molecule has 1 atom stereocenters. The average molecular weight is 334 g/mol. The highest BCUT2D eigenvalue weighted by atomic mass is 16.6. The predicted molar refractivity (Wildman–Crippen MR) is 94.2 cm³/mol. The van der Waals surface area contributed by atoms with Gasteiger partial charge in [0.2, 0.25) is 0 Å². The molecule has 7 heteroatoms. The molecule has 0 spiro atoms. The van der Waals surface area contributed by atoms with Crippen LogP contribution in [0.4, 0.5) is 16.2 Å². The first-order valence-electron chi connectivity index (χ1n) is 8.49. The fourth-order valence-electron chi connectivity index (χ4n) is 3.10. The average Bonchev–Trinajstić information content (AvgIpc) is 3.05. The molecule has 2 amide bonds. The quantitative estimate of drug-likeness (QED) is 0.592. The van der Waals surface area contributed by atoms with E-state index in [4.69, 9.17) is 0 Å². The van der Waals surface area contributed by atoms with Crippen LogP contribution in [0, 0.1) is 16.0 Å². The zero-order valence-corrected chi connectivity index (χ0v) is 14.3. The smallest absolute Gasteiger partial charge is 0.319 e. The van der Waals surface area contributed by atoms with E-state index in [1.54, 1.807) is 12.1 Å². The molecule has 24 heavy (non-hydrogen) atoms. The van der Waals surface area contributed by atoms with Gasteiger partial charge < -0.3 is 10.6 Å². The number of hydrogen-bond donors (Lipinski definition) is 2. The number of anilines is 1. The normalized spacial score (nSPS) is 16.1. The summed E-state index contributed by atoms with van der Waals surface area (Å²) in [5, 5.41) is 16.3. The van der Waals surface area contributed by atoms with E-state index in [9.17, 15) is 14.9 Å². The van der Waals surface area contributed by atoms with Crippen molar-refractivity contribution in [2.24, 2.45) is 5.92 Å². The number of nitro benzene ring substituents is 1. The summed E-state index contributed by atoms with van der Waals surface area (Å²) in [6.07, 6.45) is 3.47. The summed E-state index contributed by atoms with van der Waals surface area (Å²) in [5.41, 5.74) is 0.380. The number of nitrogens with one attached hydrogen (secondary N) is 2. The second-order valence-corrected chi connectivity index (χ2v) is 6.67. The highest BCUT2D eigenvalue weighted by Gasteiger charge is 2.23. The lowest BCUT2D eigenvalue weighted by Gasteiger charge is -2.29. The molecular weight excluding hydrogens is 308 g/mol. The topological polar surface area (TPSA) is 87.5 Å². The Morgan fingerprint density at radius 1 is 1.33 bits per heavy atom. The Balaban J connectivity index is 1.88. The van der Waals surface area contributed by atoms with Gasteiger partial charge in [0, 0.05) is 30.4 Å². The number of benzene rings is 1. The molecule has 0 bridgehead atoms. The van der Waals surface area contributed by atoms with Gasteiger partial charge in [-0.25, -0.2) is 4.79 Å². The second kappa shape index (κ2) is 8.63. The first-order chi connectivity index (χ1) is 11.5. The zero-order chi connectivity index (χ0) is 17.5. The molecule has 1 aromatic carbocycles. The molecule has 1 fully saturated rings. The first-order valence-corrected chi connectivity index (χ1v) is 8.49. The van der Waals surface area contributed by atoms with Crippen molar-refractivity contribution in [3.05, 3.63) is 34.4 Å². The Kier molecular flexibility index (Phi) is 6.54. The number of likely N-dealkylation sites (tertiary alicyclic amines) is 1. The number of nitro groups is 1. The van der Waals surface area contributed by atoms with Crippen molar-refractivity contribution in [2.75, 3.05) is 25.0 Å². The van der Waals surface area contributed by atoms with E-state index in [1.165, 1.54) is 25.0 Å². The van der Waals surface area contributed by atoms with E-state index in [0.29, 0.717) is 24.2 Å². The Bertz CT molecular complexity index is 571. The van der Waals surface area contributed by atoms with Crippen molar-refractivity contribution in [2.45, 2.75) is 39.2 Å². The molecule has 0 aromatic heterocycles. The van der Waals surface area contributed by atoms with E-state index in [-0.39, 0.29) is 11.7 Å². The van der Waals surface area contributed by atoms with Crippen LogP contribution in [0.5, 0.6) is 0 Å². The number of carbonyl (C=O) groups excluding carboxylic acids is 1. The van der Waals surface area contributed by atoms with Crippen LogP contribution in [-0.4, -0.2) is 41.5 Å². The van der Waals surface area contributed by atoms with Gasteiger partial charge in [-0.05, 0) is 44.3 Å². The van der Waals surface area contributed by atoms with Crippen LogP contribution in [-0.2, 0) is 0 Å². The van der Waals surface area contributed by atoms with Crippen molar-refractivity contribution in [3.8, 4) is 0 Å². The van der Waals surface area contributed by atoms with Gasteiger partial charge in [-0.3, -0.25) is 15.0 Å². The number of urea groups is 1. The highest BCUT2D eigenvalue weighted by molar-refractivity contribution is 5.89. The molecule has 132 valence electrons. The summed E-state index contributed by atoms with van der Waals surface area (Å²) in [4.78, 5) is 24.8. The highest BCUT2D eigenvalue weighted by Crippen LogP contribution is 2.18. The lowest BCUT2D eigenvalue weighted by molar-refractivity contribution is -0.384. The molecule has 0 unspecified atom stereocenters. The number of nitrogens with zero attached hydrogens (tertiary/aromatic N) is 2. The predicted octanol–water partition coefficient (Wildman–Crippen LogP) is 3.23. The SMILES string of the molecule is CC(C)C[C@H](CNC(=O)Nc1cccc([N+](=O)[O-])c1)N1CCCC1. The summed E-state index contributed by atoms with van der Waals surface area (Å²) in [6, 6.07) is 5.95. The molecule has 1 aliphatic rings. The molecule has 1 saturated heterocycles. The van der Waals surface area contributed by atoms with Gasteiger partial charge in [0.25, 0.3) is 5.69 Å². The van der Waals surface area contributed by atoms with Crippen molar-refractivity contribution in [1.82, 2.24) is 10.2 Å². The van der Waals surface area contributed by atoms with Crippen LogP contribution in [0.2, 0.25) is 0 Å². The Morgan fingerprint density at radius 2 is 2.04 bits per heavy atom. The minimum absolute atomic E-state index is 0.0393. The van der Waals surface area contributed by atoms with Gasteiger partial charge in [-0.15, -0.1) is 0 Å². The van der Waals surface area contributed by atoms with Gasteiger partial charge in [0.15, 0.2) is 0 Å². The van der Waals surface area contributed by atoms with E-state index in [0.717, 1.165) is 19.5 Å². The summed E-state index contributed by atoms with van der Waals surface area (Å²) in [6.45, 7) is 7.13. The van der Waals surface area contributed by atoms with Gasteiger partial charge in [-0.2, -0.15) is 0 Å². The third kappa shape index (κ3) is 5.49. The number of hydrogen-bond acceptors (Lipinski definition) is 4. The summed E-state index contributed by atoms with van der Waals surface area (Å²) < 4.78 is 0. The van der Waals surface area contributed by atoms with Gasteiger partial charge >= 0.3 is 6.03 Å². The molecule has 0 saturated carbocycles. The fourth-order valence-corrected chi connectivity index (χ4v) is 3.10. The molecule has 0 radical (unpaired) electrons. The van der Waals surface area contributed by atoms with Crippen LogP contribution in [0.25, 0.3) is 0 Å².